The van der Waals surface area contributed by atoms with Gasteiger partial charge in [0.1, 0.15) is 6.04 Å². The maximum absolute atomic E-state index is 5.98. The first-order valence-corrected chi connectivity index (χ1v) is 7.40. The standard InChI is InChI=1S/C16H21N3O2/c1-20-11-13(17)14-18-15(19-21-14)16(9-5-6-10-16)12-7-3-2-4-8-12/h2-4,7-8,13H,5-6,9-11,17H2,1H3. The van der Waals surface area contributed by atoms with Crippen LogP contribution in [0, 0.1) is 0 Å². The van der Waals surface area contributed by atoms with Crippen LogP contribution in [0.5, 0.6) is 0 Å². The molecule has 1 aromatic carbocycles. The molecule has 5 nitrogen and oxygen atoms in total. The second-order valence-electron chi connectivity index (χ2n) is 5.67. The van der Waals surface area contributed by atoms with Gasteiger partial charge in [-0.05, 0) is 18.4 Å². The summed E-state index contributed by atoms with van der Waals surface area (Å²) in [6.45, 7) is 0.375. The summed E-state index contributed by atoms with van der Waals surface area (Å²) in [6.07, 6.45) is 4.47. The minimum Gasteiger partial charge on any atom is -0.383 e. The summed E-state index contributed by atoms with van der Waals surface area (Å²) in [7, 11) is 1.61. The zero-order valence-electron chi connectivity index (χ0n) is 12.3. The third-order valence-corrected chi connectivity index (χ3v) is 4.32. The van der Waals surface area contributed by atoms with E-state index in [4.69, 9.17) is 15.0 Å². The van der Waals surface area contributed by atoms with Crippen molar-refractivity contribution in [1.82, 2.24) is 10.1 Å². The highest BCUT2D eigenvalue weighted by molar-refractivity contribution is 5.33. The van der Waals surface area contributed by atoms with Crippen molar-refractivity contribution in [2.45, 2.75) is 37.1 Å². The van der Waals surface area contributed by atoms with E-state index in [0.29, 0.717) is 12.5 Å². The Morgan fingerprint density at radius 2 is 2.00 bits per heavy atom. The molecular weight excluding hydrogens is 266 g/mol. The summed E-state index contributed by atoms with van der Waals surface area (Å²) in [4.78, 5) is 4.58. The molecule has 0 spiro atoms. The summed E-state index contributed by atoms with van der Waals surface area (Å²) < 4.78 is 10.4. The van der Waals surface area contributed by atoms with Crippen molar-refractivity contribution in [2.24, 2.45) is 5.73 Å². The zero-order valence-corrected chi connectivity index (χ0v) is 12.3. The summed E-state index contributed by atoms with van der Waals surface area (Å²) in [6, 6.07) is 10.1. The number of ether oxygens (including phenoxy) is 1. The molecule has 1 unspecified atom stereocenters. The highest BCUT2D eigenvalue weighted by Gasteiger charge is 2.41. The average Bonchev–Trinajstić information content (AvgIpc) is 3.18. The molecule has 2 N–H and O–H groups in total. The molecule has 1 saturated carbocycles. The quantitative estimate of drug-likeness (QED) is 0.915. The largest absolute Gasteiger partial charge is 0.383 e. The molecule has 1 aromatic heterocycles. The second kappa shape index (κ2) is 5.95. The van der Waals surface area contributed by atoms with Gasteiger partial charge in [0.15, 0.2) is 5.82 Å². The van der Waals surface area contributed by atoms with Gasteiger partial charge in [-0.2, -0.15) is 4.98 Å². The summed E-state index contributed by atoms with van der Waals surface area (Å²) >= 11 is 0. The van der Waals surface area contributed by atoms with E-state index in [1.54, 1.807) is 7.11 Å². The van der Waals surface area contributed by atoms with Gasteiger partial charge in [-0.25, -0.2) is 0 Å². The molecule has 0 radical (unpaired) electrons. The molecule has 21 heavy (non-hydrogen) atoms. The third-order valence-electron chi connectivity index (χ3n) is 4.32. The number of benzene rings is 1. The van der Waals surface area contributed by atoms with Crippen molar-refractivity contribution in [2.75, 3.05) is 13.7 Å². The monoisotopic (exact) mass is 287 g/mol. The topological polar surface area (TPSA) is 74.2 Å². The second-order valence-corrected chi connectivity index (χ2v) is 5.67. The Morgan fingerprint density at radius 1 is 1.29 bits per heavy atom. The maximum atomic E-state index is 5.98. The Labute approximate surface area is 124 Å². The van der Waals surface area contributed by atoms with Crippen molar-refractivity contribution in [1.29, 1.82) is 0 Å². The molecule has 1 fully saturated rings. The molecule has 0 bridgehead atoms. The van der Waals surface area contributed by atoms with Gasteiger partial charge in [0.2, 0.25) is 5.89 Å². The molecular formula is C16H21N3O2. The Hall–Kier alpha value is -1.72. The molecule has 3 rings (SSSR count). The Balaban J connectivity index is 1.95. The number of rotatable bonds is 5. The van der Waals surface area contributed by atoms with Crippen molar-refractivity contribution in [3.05, 3.63) is 47.6 Å². The lowest BCUT2D eigenvalue weighted by molar-refractivity contribution is 0.166. The van der Waals surface area contributed by atoms with Crippen molar-refractivity contribution < 1.29 is 9.26 Å². The van der Waals surface area contributed by atoms with Crippen LogP contribution < -0.4 is 5.73 Å². The van der Waals surface area contributed by atoms with E-state index in [1.807, 2.05) is 6.07 Å². The maximum Gasteiger partial charge on any atom is 0.245 e. The van der Waals surface area contributed by atoms with Crippen molar-refractivity contribution in [3.8, 4) is 0 Å². The highest BCUT2D eigenvalue weighted by atomic mass is 16.5. The van der Waals surface area contributed by atoms with Gasteiger partial charge in [-0.3, -0.25) is 0 Å². The van der Waals surface area contributed by atoms with E-state index in [9.17, 15) is 0 Å². The van der Waals surface area contributed by atoms with E-state index < -0.39 is 0 Å². The lowest BCUT2D eigenvalue weighted by Crippen LogP contribution is -2.25. The van der Waals surface area contributed by atoms with Gasteiger partial charge in [0, 0.05) is 7.11 Å². The number of nitrogens with zero attached hydrogens (tertiary/aromatic N) is 2. The van der Waals surface area contributed by atoms with Crippen LogP contribution in [-0.2, 0) is 10.2 Å². The normalized spacial score (nSPS) is 18.8. The molecule has 0 aliphatic heterocycles. The summed E-state index contributed by atoms with van der Waals surface area (Å²) in [5, 5.41) is 4.23. The smallest absolute Gasteiger partial charge is 0.245 e. The number of nitrogens with two attached hydrogens (primary N) is 1. The first kappa shape index (κ1) is 14.2. The summed E-state index contributed by atoms with van der Waals surface area (Å²) in [5.74, 6) is 1.21. The van der Waals surface area contributed by atoms with E-state index in [1.165, 1.54) is 18.4 Å². The number of methoxy groups -OCH3 is 1. The third kappa shape index (κ3) is 2.59. The predicted octanol–water partition coefficient (Wildman–Crippen LogP) is 2.58. The Morgan fingerprint density at radius 3 is 2.67 bits per heavy atom. The molecule has 1 heterocycles. The minimum atomic E-state index is -0.370. The van der Waals surface area contributed by atoms with Gasteiger partial charge in [-0.1, -0.05) is 48.3 Å². The molecule has 112 valence electrons. The van der Waals surface area contributed by atoms with Gasteiger partial charge < -0.3 is 15.0 Å². The molecule has 0 amide bonds. The highest BCUT2D eigenvalue weighted by Crippen LogP contribution is 2.45. The van der Waals surface area contributed by atoms with Crippen LogP contribution in [0.2, 0.25) is 0 Å². The van der Waals surface area contributed by atoms with E-state index in [-0.39, 0.29) is 11.5 Å². The molecule has 0 saturated heterocycles. The van der Waals surface area contributed by atoms with E-state index >= 15 is 0 Å². The molecule has 2 aromatic rings. The fourth-order valence-corrected chi connectivity index (χ4v) is 3.21. The lowest BCUT2D eigenvalue weighted by atomic mass is 9.78. The SMILES string of the molecule is COCC(N)c1nc(C2(c3ccccc3)CCCC2)no1. The van der Waals surface area contributed by atoms with Gasteiger partial charge in [0.05, 0.1) is 12.0 Å². The Kier molecular flexibility index (Phi) is 4.03. The first-order chi connectivity index (χ1) is 10.3. The van der Waals surface area contributed by atoms with Crippen LogP contribution in [0.15, 0.2) is 34.9 Å². The van der Waals surface area contributed by atoms with Crippen LogP contribution in [0.1, 0.15) is 49.0 Å². The van der Waals surface area contributed by atoms with E-state index in [2.05, 4.69) is 34.4 Å². The van der Waals surface area contributed by atoms with Crippen LogP contribution in [0.4, 0.5) is 0 Å². The molecule has 5 heteroatoms. The number of aromatic nitrogens is 2. The van der Waals surface area contributed by atoms with Crippen LogP contribution in [0.3, 0.4) is 0 Å². The fourth-order valence-electron chi connectivity index (χ4n) is 3.21. The van der Waals surface area contributed by atoms with E-state index in [0.717, 1.165) is 18.7 Å². The average molecular weight is 287 g/mol. The number of hydrogen-bond donors (Lipinski definition) is 1. The van der Waals surface area contributed by atoms with Crippen LogP contribution >= 0.6 is 0 Å². The zero-order chi connectivity index (χ0) is 14.7. The fraction of sp³-hybridized carbons (Fsp3) is 0.500. The van der Waals surface area contributed by atoms with Gasteiger partial charge in [-0.15, -0.1) is 0 Å². The molecule has 1 atom stereocenters. The van der Waals surface area contributed by atoms with Gasteiger partial charge >= 0.3 is 0 Å². The minimum absolute atomic E-state index is 0.129. The van der Waals surface area contributed by atoms with Gasteiger partial charge in [0.25, 0.3) is 0 Å². The Bertz CT molecular complexity index is 576. The predicted molar refractivity (Wildman–Crippen MR) is 78.8 cm³/mol. The van der Waals surface area contributed by atoms with Crippen molar-refractivity contribution >= 4 is 0 Å². The van der Waals surface area contributed by atoms with Crippen LogP contribution in [-0.4, -0.2) is 23.9 Å². The summed E-state index contributed by atoms with van der Waals surface area (Å²) in [5.41, 5.74) is 7.11. The van der Waals surface area contributed by atoms with Crippen LogP contribution in [0.25, 0.3) is 0 Å². The first-order valence-electron chi connectivity index (χ1n) is 7.40. The van der Waals surface area contributed by atoms with Crippen molar-refractivity contribution in [3.63, 3.8) is 0 Å². The molecule has 1 aliphatic carbocycles. The molecule has 1 aliphatic rings. The number of hydrogen-bond acceptors (Lipinski definition) is 5. The lowest BCUT2D eigenvalue weighted by Gasteiger charge is -2.25.